The minimum Gasteiger partial charge on any atom is -0.344 e. The Bertz CT molecular complexity index is 528. The lowest BCUT2D eigenvalue weighted by Crippen LogP contribution is -2.46. The molecule has 1 rings (SSSR count). The van der Waals surface area contributed by atoms with E-state index in [1.54, 1.807) is 19.9 Å². The van der Waals surface area contributed by atoms with Gasteiger partial charge in [0.25, 0.3) is 5.69 Å². The molecule has 0 aliphatic rings. The van der Waals surface area contributed by atoms with Crippen molar-refractivity contribution < 1.29 is 14.5 Å². The van der Waals surface area contributed by atoms with E-state index in [2.05, 4.69) is 10.6 Å². The van der Waals surface area contributed by atoms with Crippen LogP contribution in [0, 0.1) is 16.0 Å². The summed E-state index contributed by atoms with van der Waals surface area (Å²) in [6.07, 6.45) is 0. The molecule has 0 aromatic heterocycles. The highest BCUT2D eigenvalue weighted by molar-refractivity contribution is 5.97. The third-order valence-corrected chi connectivity index (χ3v) is 2.63. The lowest BCUT2D eigenvalue weighted by molar-refractivity contribution is -0.384. The number of benzene rings is 1. The zero-order valence-corrected chi connectivity index (χ0v) is 11.5. The van der Waals surface area contributed by atoms with E-state index in [0.29, 0.717) is 5.69 Å². The quantitative estimate of drug-likeness (QED) is 0.632. The molecule has 0 aliphatic heterocycles. The zero-order chi connectivity index (χ0) is 15.3. The molecule has 1 unspecified atom stereocenters. The zero-order valence-electron chi connectivity index (χ0n) is 11.5. The van der Waals surface area contributed by atoms with Gasteiger partial charge in [-0.25, -0.2) is 0 Å². The summed E-state index contributed by atoms with van der Waals surface area (Å²) < 4.78 is 0. The van der Waals surface area contributed by atoms with E-state index in [1.165, 1.54) is 25.1 Å². The molecule has 0 aliphatic carbocycles. The topological polar surface area (TPSA) is 101 Å². The van der Waals surface area contributed by atoms with Crippen LogP contribution in [0.4, 0.5) is 11.4 Å². The van der Waals surface area contributed by atoms with E-state index >= 15 is 0 Å². The molecule has 0 spiro atoms. The maximum Gasteiger partial charge on any atom is 0.271 e. The van der Waals surface area contributed by atoms with E-state index < -0.39 is 16.9 Å². The standard InChI is InChI=1S/C13H17N3O4/c1-8(2)12(14-9(3)17)13(18)15-10-5-4-6-11(7-10)16(19)20/h4-8,12H,1-3H3,(H,14,17)(H,15,18). The Morgan fingerprint density at radius 2 is 1.95 bits per heavy atom. The number of hydrogen-bond donors (Lipinski definition) is 2. The number of rotatable bonds is 5. The number of carbonyl (C=O) groups excluding carboxylic acids is 2. The van der Waals surface area contributed by atoms with Crippen LogP contribution in [-0.2, 0) is 9.59 Å². The van der Waals surface area contributed by atoms with Crippen LogP contribution in [0.3, 0.4) is 0 Å². The van der Waals surface area contributed by atoms with Crippen LogP contribution in [0.15, 0.2) is 24.3 Å². The molecular formula is C13H17N3O4. The van der Waals surface area contributed by atoms with Crippen molar-refractivity contribution in [2.75, 3.05) is 5.32 Å². The largest absolute Gasteiger partial charge is 0.344 e. The number of nitrogens with zero attached hydrogens (tertiary/aromatic N) is 1. The molecule has 20 heavy (non-hydrogen) atoms. The van der Waals surface area contributed by atoms with E-state index in [0.717, 1.165) is 0 Å². The Balaban J connectivity index is 2.85. The van der Waals surface area contributed by atoms with Crippen LogP contribution in [-0.4, -0.2) is 22.8 Å². The Kier molecular flexibility index (Phi) is 5.19. The minimum absolute atomic E-state index is 0.0994. The van der Waals surface area contributed by atoms with Crippen molar-refractivity contribution in [2.24, 2.45) is 5.92 Å². The van der Waals surface area contributed by atoms with E-state index in [4.69, 9.17) is 0 Å². The summed E-state index contributed by atoms with van der Waals surface area (Å²) >= 11 is 0. The maximum atomic E-state index is 12.1. The van der Waals surface area contributed by atoms with Gasteiger partial charge in [-0.3, -0.25) is 19.7 Å². The smallest absolute Gasteiger partial charge is 0.271 e. The van der Waals surface area contributed by atoms with Crippen molar-refractivity contribution in [2.45, 2.75) is 26.8 Å². The molecule has 0 fully saturated rings. The first-order valence-electron chi connectivity index (χ1n) is 6.13. The molecule has 108 valence electrons. The molecule has 1 aromatic carbocycles. The maximum absolute atomic E-state index is 12.1. The number of non-ortho nitro benzene ring substituents is 1. The third-order valence-electron chi connectivity index (χ3n) is 2.63. The summed E-state index contributed by atoms with van der Waals surface area (Å²) in [6, 6.07) is 4.95. The third kappa shape index (κ3) is 4.34. The van der Waals surface area contributed by atoms with Gasteiger partial charge in [-0.15, -0.1) is 0 Å². The first kappa shape index (κ1) is 15.6. The minimum atomic E-state index is -0.688. The summed E-state index contributed by atoms with van der Waals surface area (Å²) in [6.45, 7) is 4.93. The lowest BCUT2D eigenvalue weighted by atomic mass is 10.0. The van der Waals surface area contributed by atoms with Crippen molar-refractivity contribution in [3.05, 3.63) is 34.4 Å². The normalized spacial score (nSPS) is 11.8. The second kappa shape index (κ2) is 6.65. The van der Waals surface area contributed by atoms with Crippen LogP contribution in [0.5, 0.6) is 0 Å². The first-order chi connectivity index (χ1) is 9.31. The van der Waals surface area contributed by atoms with Crippen molar-refractivity contribution in [3.8, 4) is 0 Å². The van der Waals surface area contributed by atoms with Crippen molar-refractivity contribution in [1.29, 1.82) is 0 Å². The number of nitrogens with one attached hydrogen (secondary N) is 2. The number of nitro groups is 1. The fourth-order valence-corrected chi connectivity index (χ4v) is 1.67. The van der Waals surface area contributed by atoms with Gasteiger partial charge >= 0.3 is 0 Å². The Hall–Kier alpha value is -2.44. The molecule has 0 saturated heterocycles. The molecule has 1 aromatic rings. The second-order valence-corrected chi connectivity index (χ2v) is 4.72. The summed E-state index contributed by atoms with van der Waals surface area (Å²) in [5.41, 5.74) is 0.212. The van der Waals surface area contributed by atoms with Gasteiger partial charge in [-0.1, -0.05) is 19.9 Å². The van der Waals surface area contributed by atoms with Gasteiger partial charge in [-0.05, 0) is 12.0 Å². The van der Waals surface area contributed by atoms with E-state index in [1.807, 2.05) is 0 Å². The van der Waals surface area contributed by atoms with Gasteiger partial charge in [0.1, 0.15) is 6.04 Å². The molecule has 0 saturated carbocycles. The van der Waals surface area contributed by atoms with Crippen LogP contribution in [0.2, 0.25) is 0 Å². The number of hydrogen-bond acceptors (Lipinski definition) is 4. The first-order valence-corrected chi connectivity index (χ1v) is 6.13. The Morgan fingerprint density at radius 3 is 2.45 bits per heavy atom. The van der Waals surface area contributed by atoms with Gasteiger partial charge in [0.05, 0.1) is 4.92 Å². The Labute approximate surface area is 116 Å². The SMILES string of the molecule is CC(=O)NC(C(=O)Nc1cccc([N+](=O)[O-])c1)C(C)C. The van der Waals surface area contributed by atoms with Crippen LogP contribution in [0.25, 0.3) is 0 Å². The van der Waals surface area contributed by atoms with E-state index in [9.17, 15) is 19.7 Å². The molecule has 0 bridgehead atoms. The van der Waals surface area contributed by atoms with Gasteiger partial charge in [0.2, 0.25) is 11.8 Å². The number of amides is 2. The highest BCUT2D eigenvalue weighted by atomic mass is 16.6. The van der Waals surface area contributed by atoms with Gasteiger partial charge in [-0.2, -0.15) is 0 Å². The van der Waals surface area contributed by atoms with Crippen molar-refractivity contribution >= 4 is 23.2 Å². The van der Waals surface area contributed by atoms with Crippen LogP contribution in [0.1, 0.15) is 20.8 Å². The average molecular weight is 279 g/mol. The molecule has 0 radical (unpaired) electrons. The molecule has 1 atom stereocenters. The second-order valence-electron chi connectivity index (χ2n) is 4.72. The summed E-state index contributed by atoms with van der Waals surface area (Å²) in [5.74, 6) is -0.814. The highest BCUT2D eigenvalue weighted by Gasteiger charge is 2.23. The molecule has 7 nitrogen and oxygen atoms in total. The van der Waals surface area contributed by atoms with Crippen LogP contribution >= 0.6 is 0 Å². The van der Waals surface area contributed by atoms with E-state index in [-0.39, 0.29) is 17.5 Å². The monoisotopic (exact) mass is 279 g/mol. The molecular weight excluding hydrogens is 262 g/mol. The lowest BCUT2D eigenvalue weighted by Gasteiger charge is -2.20. The fourth-order valence-electron chi connectivity index (χ4n) is 1.67. The highest BCUT2D eigenvalue weighted by Crippen LogP contribution is 2.17. The van der Waals surface area contributed by atoms with Crippen LogP contribution < -0.4 is 10.6 Å². The van der Waals surface area contributed by atoms with Crippen molar-refractivity contribution in [3.63, 3.8) is 0 Å². The van der Waals surface area contributed by atoms with Gasteiger partial charge in [0, 0.05) is 24.7 Å². The predicted octanol–water partition coefficient (Wildman–Crippen LogP) is 1.69. The molecule has 0 heterocycles. The number of anilines is 1. The molecule has 7 heteroatoms. The molecule has 2 amide bonds. The fraction of sp³-hybridized carbons (Fsp3) is 0.385. The summed E-state index contributed by atoms with van der Waals surface area (Å²) in [4.78, 5) is 33.3. The summed E-state index contributed by atoms with van der Waals surface area (Å²) in [5, 5.41) is 15.8. The predicted molar refractivity (Wildman–Crippen MR) is 74.2 cm³/mol. The van der Waals surface area contributed by atoms with Gasteiger partial charge < -0.3 is 10.6 Å². The number of nitro benzene ring substituents is 1. The van der Waals surface area contributed by atoms with Crippen molar-refractivity contribution in [1.82, 2.24) is 5.32 Å². The average Bonchev–Trinajstić information content (AvgIpc) is 2.35. The number of carbonyl (C=O) groups is 2. The van der Waals surface area contributed by atoms with Gasteiger partial charge in [0.15, 0.2) is 0 Å². The molecule has 2 N–H and O–H groups in total. The Morgan fingerprint density at radius 1 is 1.30 bits per heavy atom. The summed E-state index contributed by atoms with van der Waals surface area (Å²) in [7, 11) is 0.